The molecule has 0 radical (unpaired) electrons. The molecule has 0 spiro atoms. The third kappa shape index (κ3) is 4.72. The second kappa shape index (κ2) is 8.49. The molecule has 0 aromatic heterocycles. The molecule has 26 heavy (non-hydrogen) atoms. The van der Waals surface area contributed by atoms with Gasteiger partial charge in [-0.3, -0.25) is 4.79 Å². The van der Waals surface area contributed by atoms with Crippen molar-refractivity contribution >= 4 is 52.4 Å². The van der Waals surface area contributed by atoms with Crippen LogP contribution in [0.3, 0.4) is 0 Å². The third-order valence-corrected chi connectivity index (χ3v) is 4.38. The van der Waals surface area contributed by atoms with Crippen molar-refractivity contribution in [3.8, 4) is 11.5 Å². The number of nitrogens with one attached hydrogen (secondary N) is 1. The number of amides is 1. The first-order chi connectivity index (χ1) is 12.2. The predicted octanol–water partition coefficient (Wildman–Crippen LogP) is 4.55. The van der Waals surface area contributed by atoms with Crippen molar-refractivity contribution in [1.82, 2.24) is 0 Å². The van der Waals surface area contributed by atoms with Crippen molar-refractivity contribution in [3.05, 3.63) is 51.0 Å². The van der Waals surface area contributed by atoms with Gasteiger partial charge in [-0.25, -0.2) is 4.79 Å². The minimum Gasteiger partial charge on any atom is -0.507 e. The number of phenols is 1. The molecule has 2 rings (SSSR count). The molecule has 2 aromatic rings. The van der Waals surface area contributed by atoms with Crippen LogP contribution in [-0.2, 0) is 9.53 Å². The zero-order valence-electron chi connectivity index (χ0n) is 13.7. The highest BCUT2D eigenvalue weighted by Crippen LogP contribution is 2.32. The van der Waals surface area contributed by atoms with E-state index in [1.54, 1.807) is 0 Å². The summed E-state index contributed by atoms with van der Waals surface area (Å²) in [6, 6.07) is 6.83. The molecule has 6 nitrogen and oxygen atoms in total. The maximum absolute atomic E-state index is 12.2. The van der Waals surface area contributed by atoms with E-state index in [1.165, 1.54) is 44.4 Å². The number of halogens is 3. The lowest BCUT2D eigenvalue weighted by molar-refractivity contribution is -0.123. The molecule has 2 N–H and O–H groups in total. The normalized spacial score (nSPS) is 11.6. The van der Waals surface area contributed by atoms with Crippen LogP contribution in [-0.4, -0.2) is 30.2 Å². The van der Waals surface area contributed by atoms with E-state index in [-0.39, 0.29) is 32.1 Å². The summed E-state index contributed by atoms with van der Waals surface area (Å²) in [6.07, 6.45) is -1.17. The summed E-state index contributed by atoms with van der Waals surface area (Å²) in [5, 5.41) is 12.9. The molecule has 0 saturated carbocycles. The smallest absolute Gasteiger partial charge is 0.342 e. The highest BCUT2D eigenvalue weighted by Gasteiger charge is 2.22. The first kappa shape index (κ1) is 20.2. The summed E-state index contributed by atoms with van der Waals surface area (Å²) in [5.74, 6) is -1.46. The monoisotopic (exact) mass is 417 g/mol. The van der Waals surface area contributed by atoms with Crippen molar-refractivity contribution in [2.24, 2.45) is 0 Å². The van der Waals surface area contributed by atoms with Gasteiger partial charge in [0, 0.05) is 0 Å². The van der Waals surface area contributed by atoms with E-state index in [0.29, 0.717) is 5.75 Å². The highest BCUT2D eigenvalue weighted by atomic mass is 35.5. The van der Waals surface area contributed by atoms with E-state index >= 15 is 0 Å². The minimum atomic E-state index is -1.17. The number of phenolic OH excluding ortho intramolecular Hbond substituents is 1. The molecule has 9 heteroatoms. The van der Waals surface area contributed by atoms with Crippen LogP contribution >= 0.6 is 34.8 Å². The molecule has 138 valence electrons. The van der Waals surface area contributed by atoms with Crippen LogP contribution in [0.5, 0.6) is 11.5 Å². The fourth-order valence-electron chi connectivity index (χ4n) is 1.94. The predicted molar refractivity (Wildman–Crippen MR) is 99.6 cm³/mol. The molecule has 0 aliphatic rings. The summed E-state index contributed by atoms with van der Waals surface area (Å²) in [7, 11) is 1.42. The fourth-order valence-corrected chi connectivity index (χ4v) is 2.53. The van der Waals surface area contributed by atoms with Gasteiger partial charge >= 0.3 is 5.97 Å². The minimum absolute atomic E-state index is 0.128. The molecule has 0 aliphatic carbocycles. The van der Waals surface area contributed by atoms with Crippen molar-refractivity contribution in [2.45, 2.75) is 13.0 Å². The van der Waals surface area contributed by atoms with Crippen LogP contribution in [0.1, 0.15) is 17.3 Å². The Bertz CT molecular complexity index is 857. The summed E-state index contributed by atoms with van der Waals surface area (Å²) in [5.41, 5.74) is 0.0924. The lowest BCUT2D eigenvalue weighted by Gasteiger charge is -2.15. The molecule has 1 atom stereocenters. The topological polar surface area (TPSA) is 84.9 Å². The van der Waals surface area contributed by atoms with Crippen LogP contribution in [0.15, 0.2) is 30.3 Å². The third-order valence-electron chi connectivity index (χ3n) is 3.34. The van der Waals surface area contributed by atoms with Gasteiger partial charge in [0.25, 0.3) is 5.91 Å². The number of esters is 1. The van der Waals surface area contributed by atoms with Gasteiger partial charge < -0.3 is 19.9 Å². The first-order valence-electron chi connectivity index (χ1n) is 7.26. The van der Waals surface area contributed by atoms with E-state index in [0.717, 1.165) is 0 Å². The Morgan fingerprint density at radius 1 is 1.08 bits per heavy atom. The van der Waals surface area contributed by atoms with Crippen LogP contribution in [0.4, 0.5) is 5.69 Å². The van der Waals surface area contributed by atoms with Crippen LogP contribution < -0.4 is 10.1 Å². The maximum atomic E-state index is 12.2. The summed E-state index contributed by atoms with van der Waals surface area (Å²) in [6.45, 7) is 1.37. The number of rotatable bonds is 5. The van der Waals surface area contributed by atoms with E-state index < -0.39 is 18.0 Å². The Morgan fingerprint density at radius 3 is 2.38 bits per heavy atom. The Kier molecular flexibility index (Phi) is 6.58. The molecule has 0 fully saturated rings. The van der Waals surface area contributed by atoms with Gasteiger partial charge in [0.2, 0.25) is 0 Å². The van der Waals surface area contributed by atoms with E-state index in [1.807, 2.05) is 0 Å². The number of hydrogen-bond donors (Lipinski definition) is 2. The average molecular weight is 419 g/mol. The van der Waals surface area contributed by atoms with Gasteiger partial charge in [-0.2, -0.15) is 0 Å². The summed E-state index contributed by atoms with van der Waals surface area (Å²) >= 11 is 17.7. The molecule has 0 heterocycles. The fraction of sp³-hybridized carbons (Fsp3) is 0.176. The lowest BCUT2D eigenvalue weighted by atomic mass is 10.2. The second-order valence-corrected chi connectivity index (χ2v) is 6.39. The standard InChI is InChI=1S/C17H14Cl3NO5/c1-8(16(23)21-14-7-12(19)11(18)6-13(14)20)26-17(24)10-5-9(25-2)3-4-15(10)22/h3-8,22H,1-2H3,(H,21,23). The molecular weight excluding hydrogens is 405 g/mol. The summed E-state index contributed by atoms with van der Waals surface area (Å²) in [4.78, 5) is 24.4. The molecule has 0 saturated heterocycles. The average Bonchev–Trinajstić information content (AvgIpc) is 2.59. The number of anilines is 1. The van der Waals surface area contributed by atoms with E-state index in [4.69, 9.17) is 44.3 Å². The van der Waals surface area contributed by atoms with Crippen molar-refractivity contribution in [3.63, 3.8) is 0 Å². The number of ether oxygens (including phenoxy) is 2. The van der Waals surface area contributed by atoms with Gasteiger partial charge in [0.05, 0.1) is 27.9 Å². The quantitative estimate of drug-likeness (QED) is 0.550. The number of aromatic hydroxyl groups is 1. The number of hydrogen-bond acceptors (Lipinski definition) is 5. The lowest BCUT2D eigenvalue weighted by Crippen LogP contribution is -2.30. The highest BCUT2D eigenvalue weighted by molar-refractivity contribution is 6.44. The first-order valence-corrected chi connectivity index (χ1v) is 8.39. The van der Waals surface area contributed by atoms with E-state index in [9.17, 15) is 14.7 Å². The van der Waals surface area contributed by atoms with Crippen LogP contribution in [0.2, 0.25) is 15.1 Å². The SMILES string of the molecule is COc1ccc(O)c(C(=O)OC(C)C(=O)Nc2cc(Cl)c(Cl)cc2Cl)c1. The Morgan fingerprint density at radius 2 is 1.73 bits per heavy atom. The van der Waals surface area contributed by atoms with Crippen molar-refractivity contribution in [2.75, 3.05) is 12.4 Å². The van der Waals surface area contributed by atoms with Gasteiger partial charge in [0.15, 0.2) is 6.10 Å². The number of carbonyl (C=O) groups is 2. The van der Waals surface area contributed by atoms with Crippen LogP contribution in [0.25, 0.3) is 0 Å². The molecule has 1 unspecified atom stereocenters. The Balaban J connectivity index is 2.10. The molecular formula is C17H14Cl3NO5. The van der Waals surface area contributed by atoms with Gasteiger partial charge in [-0.1, -0.05) is 34.8 Å². The maximum Gasteiger partial charge on any atom is 0.342 e. The Hall–Kier alpha value is -2.15. The molecule has 1 amide bonds. The number of methoxy groups -OCH3 is 1. The zero-order chi connectivity index (χ0) is 19.4. The molecule has 0 aliphatic heterocycles. The summed E-state index contributed by atoms with van der Waals surface area (Å²) < 4.78 is 10.1. The van der Waals surface area contributed by atoms with Gasteiger partial charge in [-0.05, 0) is 37.3 Å². The largest absolute Gasteiger partial charge is 0.507 e. The van der Waals surface area contributed by atoms with E-state index in [2.05, 4.69) is 5.32 Å². The Labute approximate surface area is 164 Å². The number of benzene rings is 2. The second-order valence-electron chi connectivity index (χ2n) is 5.17. The van der Waals surface area contributed by atoms with Gasteiger partial charge in [-0.15, -0.1) is 0 Å². The molecule has 2 aromatic carbocycles. The zero-order valence-corrected chi connectivity index (χ0v) is 15.9. The van der Waals surface area contributed by atoms with Crippen LogP contribution in [0, 0.1) is 0 Å². The van der Waals surface area contributed by atoms with Gasteiger partial charge in [0.1, 0.15) is 17.1 Å². The van der Waals surface area contributed by atoms with Crippen molar-refractivity contribution < 1.29 is 24.2 Å². The van der Waals surface area contributed by atoms with Crippen molar-refractivity contribution in [1.29, 1.82) is 0 Å². The molecule has 0 bridgehead atoms. The number of carbonyl (C=O) groups excluding carboxylic acids is 2.